The Kier molecular flexibility index (Phi) is 5.00. The number of carbonyl (C=O) groups excluding carboxylic acids is 1. The molecule has 1 amide bonds. The summed E-state index contributed by atoms with van der Waals surface area (Å²) in [6.07, 6.45) is 1.16. The molecule has 0 spiro atoms. The molecule has 0 unspecified atom stereocenters. The summed E-state index contributed by atoms with van der Waals surface area (Å²) in [6.45, 7) is 0.753. The smallest absolute Gasteiger partial charge is 0.329 e. The van der Waals surface area contributed by atoms with Gasteiger partial charge in [-0.05, 0) is 25.1 Å². The lowest BCUT2D eigenvalue weighted by molar-refractivity contribution is -0.122. The fraction of sp³-hybridized carbons (Fsp3) is 0.167. The number of nitriles is 1. The fourth-order valence-electron chi connectivity index (χ4n) is 2.73. The summed E-state index contributed by atoms with van der Waals surface area (Å²) in [6, 6.07) is 5.59. The molecule has 2 aromatic heterocycles. The molecule has 1 aromatic carbocycles. The zero-order chi connectivity index (χ0) is 20.4. The molecule has 142 valence electrons. The molecule has 3 aromatic rings. The summed E-state index contributed by atoms with van der Waals surface area (Å²) in [5.74, 6) is -2.39. The second-order valence-corrected chi connectivity index (χ2v) is 5.98. The highest BCUT2D eigenvalue weighted by atomic mass is 19.1. The van der Waals surface area contributed by atoms with Crippen LogP contribution in [0.3, 0.4) is 0 Å². The van der Waals surface area contributed by atoms with E-state index in [0.29, 0.717) is 4.57 Å². The van der Waals surface area contributed by atoms with Crippen molar-refractivity contribution in [3.63, 3.8) is 0 Å². The van der Waals surface area contributed by atoms with Crippen molar-refractivity contribution in [2.45, 2.75) is 19.5 Å². The number of hydrogen-bond donors (Lipinski definition) is 2. The lowest BCUT2D eigenvalue weighted by atomic mass is 10.1. The Morgan fingerprint density at radius 3 is 2.79 bits per heavy atom. The highest BCUT2D eigenvalue weighted by molar-refractivity contribution is 5.79. The minimum atomic E-state index is -0.956. The molecule has 2 N–H and O–H groups in total. The molecule has 0 bridgehead atoms. The molecule has 0 aliphatic heterocycles. The van der Waals surface area contributed by atoms with Crippen LogP contribution in [0, 0.1) is 23.0 Å². The van der Waals surface area contributed by atoms with Gasteiger partial charge in [0.05, 0.1) is 28.2 Å². The Labute approximate surface area is 156 Å². The average Bonchev–Trinajstić information content (AvgIpc) is 2.64. The summed E-state index contributed by atoms with van der Waals surface area (Å²) in [4.78, 5) is 42.9. The standard InChI is InChI=1S/C18H13F2N5O3/c1-9(16-12(20)5-10(6-21)7-22-16)23-14(26)8-25-17(27)15-11(19)3-2-4-13(15)24-18(25)28/h2-5,7,9H,8H2,1H3,(H,23,26)(H,24,28)/t9-/m1/s1. The summed E-state index contributed by atoms with van der Waals surface area (Å²) in [5, 5.41) is 10.8. The van der Waals surface area contributed by atoms with Crippen LogP contribution in [0.25, 0.3) is 10.9 Å². The zero-order valence-electron chi connectivity index (χ0n) is 14.5. The molecule has 3 rings (SSSR count). The number of amides is 1. The number of rotatable bonds is 4. The van der Waals surface area contributed by atoms with Crippen molar-refractivity contribution in [2.24, 2.45) is 0 Å². The van der Waals surface area contributed by atoms with Gasteiger partial charge in [0.1, 0.15) is 24.2 Å². The first-order valence-electron chi connectivity index (χ1n) is 8.08. The predicted molar refractivity (Wildman–Crippen MR) is 94.3 cm³/mol. The third kappa shape index (κ3) is 3.50. The van der Waals surface area contributed by atoms with Gasteiger partial charge in [0.2, 0.25) is 5.91 Å². The summed E-state index contributed by atoms with van der Waals surface area (Å²) < 4.78 is 28.5. The van der Waals surface area contributed by atoms with Crippen LogP contribution in [0.4, 0.5) is 8.78 Å². The highest BCUT2D eigenvalue weighted by Gasteiger charge is 2.18. The maximum Gasteiger partial charge on any atom is 0.329 e. The number of H-pyrrole nitrogens is 1. The Morgan fingerprint density at radius 2 is 2.11 bits per heavy atom. The van der Waals surface area contributed by atoms with Crippen LogP contribution in [0.15, 0.2) is 40.1 Å². The van der Waals surface area contributed by atoms with E-state index in [0.717, 1.165) is 18.3 Å². The van der Waals surface area contributed by atoms with E-state index < -0.39 is 41.4 Å². The van der Waals surface area contributed by atoms with Crippen LogP contribution in [0.5, 0.6) is 0 Å². The van der Waals surface area contributed by atoms with Crippen LogP contribution in [-0.2, 0) is 11.3 Å². The van der Waals surface area contributed by atoms with Crippen LogP contribution in [0.1, 0.15) is 24.2 Å². The molecular formula is C18H13F2N5O3. The van der Waals surface area contributed by atoms with Crippen LogP contribution in [0.2, 0.25) is 0 Å². The molecule has 1 atom stereocenters. The molecule has 0 saturated heterocycles. The number of aromatic amines is 1. The molecule has 10 heteroatoms. The Morgan fingerprint density at radius 1 is 1.36 bits per heavy atom. The number of hydrogen-bond acceptors (Lipinski definition) is 5. The number of halogens is 2. The van der Waals surface area contributed by atoms with Gasteiger partial charge in [-0.1, -0.05) is 6.07 Å². The van der Waals surface area contributed by atoms with Crippen molar-refractivity contribution in [3.05, 3.63) is 74.2 Å². The largest absolute Gasteiger partial charge is 0.346 e. The van der Waals surface area contributed by atoms with Gasteiger partial charge in [0.25, 0.3) is 5.56 Å². The molecule has 28 heavy (non-hydrogen) atoms. The van der Waals surface area contributed by atoms with Gasteiger partial charge in [0, 0.05) is 6.20 Å². The second-order valence-electron chi connectivity index (χ2n) is 5.98. The van der Waals surface area contributed by atoms with Crippen molar-refractivity contribution in [1.82, 2.24) is 19.9 Å². The topological polar surface area (TPSA) is 121 Å². The normalized spacial score (nSPS) is 11.8. The Bertz CT molecular complexity index is 1240. The van der Waals surface area contributed by atoms with Gasteiger partial charge in [-0.2, -0.15) is 5.26 Å². The van der Waals surface area contributed by atoms with Gasteiger partial charge < -0.3 is 10.3 Å². The zero-order valence-corrected chi connectivity index (χ0v) is 14.5. The van der Waals surface area contributed by atoms with Crippen molar-refractivity contribution in [3.8, 4) is 6.07 Å². The number of nitrogens with zero attached hydrogens (tertiary/aromatic N) is 3. The third-order valence-electron chi connectivity index (χ3n) is 4.05. The lowest BCUT2D eigenvalue weighted by Crippen LogP contribution is -2.41. The van der Waals surface area contributed by atoms with Crippen molar-refractivity contribution in [1.29, 1.82) is 5.26 Å². The molecule has 8 nitrogen and oxygen atoms in total. The number of carbonyl (C=O) groups is 1. The van der Waals surface area contributed by atoms with Gasteiger partial charge in [-0.25, -0.2) is 13.6 Å². The van der Waals surface area contributed by atoms with Crippen LogP contribution in [-0.4, -0.2) is 20.4 Å². The molecule has 0 radical (unpaired) electrons. The van der Waals surface area contributed by atoms with E-state index in [2.05, 4.69) is 15.3 Å². The van der Waals surface area contributed by atoms with Gasteiger partial charge in [0.15, 0.2) is 0 Å². The Balaban J connectivity index is 1.86. The molecular weight excluding hydrogens is 372 g/mol. The van der Waals surface area contributed by atoms with E-state index in [1.807, 2.05) is 0 Å². The molecule has 0 fully saturated rings. The highest BCUT2D eigenvalue weighted by Crippen LogP contribution is 2.15. The van der Waals surface area contributed by atoms with Crippen molar-refractivity contribution < 1.29 is 13.6 Å². The monoisotopic (exact) mass is 385 g/mol. The number of aromatic nitrogens is 3. The molecule has 0 aliphatic carbocycles. The lowest BCUT2D eigenvalue weighted by Gasteiger charge is -2.14. The van der Waals surface area contributed by atoms with Crippen LogP contribution >= 0.6 is 0 Å². The number of pyridine rings is 1. The first-order valence-corrected chi connectivity index (χ1v) is 8.08. The SMILES string of the molecule is C[C@@H](NC(=O)Cn1c(=O)[nH]c2cccc(F)c2c1=O)c1ncc(C#N)cc1F. The number of fused-ring (bicyclic) bond motifs is 1. The number of benzene rings is 1. The molecule has 0 saturated carbocycles. The van der Waals surface area contributed by atoms with Crippen molar-refractivity contribution in [2.75, 3.05) is 0 Å². The van der Waals surface area contributed by atoms with E-state index in [1.165, 1.54) is 19.1 Å². The van der Waals surface area contributed by atoms with Gasteiger partial charge in [-0.3, -0.25) is 19.1 Å². The third-order valence-corrected chi connectivity index (χ3v) is 4.05. The maximum atomic E-state index is 14.0. The maximum absolute atomic E-state index is 14.0. The first kappa shape index (κ1) is 18.9. The summed E-state index contributed by atoms with van der Waals surface area (Å²) >= 11 is 0. The summed E-state index contributed by atoms with van der Waals surface area (Å²) in [7, 11) is 0. The molecule has 2 heterocycles. The van der Waals surface area contributed by atoms with Crippen LogP contribution < -0.4 is 16.6 Å². The summed E-state index contributed by atoms with van der Waals surface area (Å²) in [5.41, 5.74) is -1.91. The second kappa shape index (κ2) is 7.40. The van der Waals surface area contributed by atoms with E-state index >= 15 is 0 Å². The van der Waals surface area contributed by atoms with Crippen molar-refractivity contribution >= 4 is 16.8 Å². The minimum Gasteiger partial charge on any atom is -0.346 e. The predicted octanol–water partition coefficient (Wildman–Crippen LogP) is 1.11. The van der Waals surface area contributed by atoms with Gasteiger partial charge >= 0.3 is 5.69 Å². The number of nitrogens with one attached hydrogen (secondary N) is 2. The van der Waals surface area contributed by atoms with E-state index in [4.69, 9.17) is 5.26 Å². The molecule has 0 aliphatic rings. The quantitative estimate of drug-likeness (QED) is 0.697. The van der Waals surface area contributed by atoms with E-state index in [9.17, 15) is 23.2 Å². The Hall–Kier alpha value is -3.87. The average molecular weight is 385 g/mol. The minimum absolute atomic E-state index is 0.0175. The van der Waals surface area contributed by atoms with E-state index in [1.54, 1.807) is 6.07 Å². The first-order chi connectivity index (χ1) is 13.3. The fourth-order valence-corrected chi connectivity index (χ4v) is 2.73. The van der Waals surface area contributed by atoms with E-state index in [-0.39, 0.29) is 22.2 Å². The van der Waals surface area contributed by atoms with Gasteiger partial charge in [-0.15, -0.1) is 0 Å².